The van der Waals surface area contributed by atoms with Gasteiger partial charge in [-0.05, 0) is 41.8 Å². The molecule has 31 heavy (non-hydrogen) atoms. The Hall–Kier alpha value is -3.80. The Labute approximate surface area is 181 Å². The maximum atomic E-state index is 12.5. The predicted octanol–water partition coefficient (Wildman–Crippen LogP) is 3.83. The lowest BCUT2D eigenvalue weighted by atomic mass is 9.98. The summed E-state index contributed by atoms with van der Waals surface area (Å²) in [7, 11) is 1.60. The molecular weight excluding hydrogens is 394 g/mol. The predicted molar refractivity (Wildman–Crippen MR) is 117 cm³/mol. The molecule has 0 aliphatic heterocycles. The van der Waals surface area contributed by atoms with Crippen LogP contribution in [0.3, 0.4) is 0 Å². The summed E-state index contributed by atoms with van der Waals surface area (Å²) in [5, 5.41) is 2.93. The Morgan fingerprint density at radius 2 is 1.48 bits per heavy atom. The molecule has 160 valence electrons. The van der Waals surface area contributed by atoms with Gasteiger partial charge in [-0.1, -0.05) is 60.7 Å². The number of carbonyl (C=O) groups excluding carboxylic acids is 2. The van der Waals surface area contributed by atoms with Crippen LogP contribution in [-0.2, 0) is 14.3 Å². The van der Waals surface area contributed by atoms with E-state index in [1.54, 1.807) is 13.2 Å². The lowest BCUT2D eigenvalue weighted by molar-refractivity contribution is -0.150. The van der Waals surface area contributed by atoms with Gasteiger partial charge >= 0.3 is 5.97 Å². The third-order valence-corrected chi connectivity index (χ3v) is 4.69. The lowest BCUT2D eigenvalue weighted by Crippen LogP contribution is -2.33. The zero-order valence-electron chi connectivity index (χ0n) is 17.5. The first kappa shape index (κ1) is 21.9. The topological polar surface area (TPSA) is 73.9 Å². The Kier molecular flexibility index (Phi) is 7.65. The second-order valence-electron chi connectivity index (χ2n) is 6.90. The molecule has 6 nitrogen and oxygen atoms in total. The molecule has 0 fully saturated rings. The summed E-state index contributed by atoms with van der Waals surface area (Å²) >= 11 is 0. The van der Waals surface area contributed by atoms with Crippen LogP contribution < -0.4 is 14.8 Å². The normalized spacial score (nSPS) is 11.3. The van der Waals surface area contributed by atoms with Crippen LogP contribution in [0.4, 0.5) is 0 Å². The Morgan fingerprint density at radius 3 is 2.16 bits per heavy atom. The van der Waals surface area contributed by atoms with Crippen molar-refractivity contribution in [1.29, 1.82) is 0 Å². The van der Waals surface area contributed by atoms with Gasteiger partial charge in [0.25, 0.3) is 5.91 Å². The van der Waals surface area contributed by atoms with E-state index in [4.69, 9.17) is 14.2 Å². The molecule has 0 heterocycles. The van der Waals surface area contributed by atoms with Gasteiger partial charge in [-0.2, -0.15) is 0 Å². The van der Waals surface area contributed by atoms with Crippen molar-refractivity contribution in [3.8, 4) is 11.5 Å². The number of rotatable bonds is 9. The molecule has 0 radical (unpaired) electrons. The Balaban J connectivity index is 1.58. The van der Waals surface area contributed by atoms with Gasteiger partial charge in [-0.25, -0.2) is 4.79 Å². The van der Waals surface area contributed by atoms with Crippen molar-refractivity contribution in [2.75, 3.05) is 20.3 Å². The van der Waals surface area contributed by atoms with E-state index in [1.165, 1.54) is 0 Å². The fraction of sp³-hybridized carbons (Fsp3) is 0.200. The van der Waals surface area contributed by atoms with Crippen molar-refractivity contribution >= 4 is 11.9 Å². The molecule has 0 saturated carbocycles. The number of aryl methyl sites for hydroxylation is 1. The van der Waals surface area contributed by atoms with Crippen molar-refractivity contribution in [2.45, 2.75) is 13.0 Å². The monoisotopic (exact) mass is 419 g/mol. The zero-order chi connectivity index (χ0) is 22.1. The first-order valence-corrected chi connectivity index (χ1v) is 9.89. The molecule has 0 spiro atoms. The van der Waals surface area contributed by atoms with Crippen LogP contribution in [0.15, 0.2) is 78.9 Å². The van der Waals surface area contributed by atoms with Crippen molar-refractivity contribution < 1.29 is 23.8 Å². The van der Waals surface area contributed by atoms with E-state index in [0.717, 1.165) is 22.4 Å². The summed E-state index contributed by atoms with van der Waals surface area (Å²) in [5.41, 5.74) is 2.71. The largest absolute Gasteiger partial charge is 0.497 e. The molecule has 3 rings (SSSR count). The number of methoxy groups -OCH3 is 1. The number of ether oxygens (including phenoxy) is 3. The number of para-hydroxylation sites is 1. The van der Waals surface area contributed by atoms with Gasteiger partial charge in [0, 0.05) is 0 Å². The average Bonchev–Trinajstić information content (AvgIpc) is 2.81. The minimum Gasteiger partial charge on any atom is -0.497 e. The maximum Gasteiger partial charge on any atom is 0.344 e. The summed E-state index contributed by atoms with van der Waals surface area (Å²) in [6.45, 7) is 1.23. The highest BCUT2D eigenvalue weighted by atomic mass is 16.6. The molecule has 0 aliphatic carbocycles. The van der Waals surface area contributed by atoms with Crippen LogP contribution in [-0.4, -0.2) is 32.2 Å². The number of amides is 1. The minimum absolute atomic E-state index is 0.265. The zero-order valence-corrected chi connectivity index (χ0v) is 17.5. The van der Waals surface area contributed by atoms with E-state index in [0.29, 0.717) is 5.75 Å². The van der Waals surface area contributed by atoms with Crippen molar-refractivity contribution in [2.24, 2.45) is 0 Å². The molecule has 0 unspecified atom stereocenters. The summed E-state index contributed by atoms with van der Waals surface area (Å²) in [4.78, 5) is 24.5. The number of hydrogen-bond acceptors (Lipinski definition) is 5. The van der Waals surface area contributed by atoms with Crippen molar-refractivity contribution in [3.63, 3.8) is 0 Å². The molecule has 1 amide bonds. The van der Waals surface area contributed by atoms with Crippen molar-refractivity contribution in [1.82, 2.24) is 5.32 Å². The number of nitrogens with one attached hydrogen (secondary N) is 1. The molecule has 3 aromatic carbocycles. The van der Waals surface area contributed by atoms with Gasteiger partial charge in [0.15, 0.2) is 13.2 Å². The van der Waals surface area contributed by atoms with Crippen molar-refractivity contribution in [3.05, 3.63) is 95.6 Å². The molecule has 6 heteroatoms. The van der Waals surface area contributed by atoms with Crippen LogP contribution in [0.1, 0.15) is 22.7 Å². The lowest BCUT2D eigenvalue weighted by Gasteiger charge is -2.20. The third kappa shape index (κ3) is 6.34. The second kappa shape index (κ2) is 10.8. The van der Waals surface area contributed by atoms with Crippen LogP contribution in [0.25, 0.3) is 0 Å². The fourth-order valence-electron chi connectivity index (χ4n) is 3.05. The molecule has 3 aromatic rings. The number of benzene rings is 3. The van der Waals surface area contributed by atoms with Crippen LogP contribution in [0.2, 0.25) is 0 Å². The first-order valence-electron chi connectivity index (χ1n) is 9.89. The van der Waals surface area contributed by atoms with E-state index in [1.807, 2.05) is 79.7 Å². The number of esters is 1. The quantitative estimate of drug-likeness (QED) is 0.534. The molecule has 0 bridgehead atoms. The second-order valence-corrected chi connectivity index (χ2v) is 6.90. The molecule has 1 atom stereocenters. The van der Waals surface area contributed by atoms with E-state index >= 15 is 0 Å². The summed E-state index contributed by atoms with van der Waals surface area (Å²) in [6, 6.07) is 24.0. The minimum atomic E-state index is -0.612. The highest BCUT2D eigenvalue weighted by Gasteiger charge is 2.18. The van der Waals surface area contributed by atoms with Gasteiger partial charge in [0.1, 0.15) is 11.5 Å². The molecule has 1 N–H and O–H groups in total. The maximum absolute atomic E-state index is 12.5. The fourth-order valence-corrected chi connectivity index (χ4v) is 3.05. The molecule has 0 saturated heterocycles. The van der Waals surface area contributed by atoms with Gasteiger partial charge < -0.3 is 19.5 Å². The Morgan fingerprint density at radius 1 is 0.839 bits per heavy atom. The molecule has 0 aliphatic rings. The average molecular weight is 419 g/mol. The van der Waals surface area contributed by atoms with E-state index < -0.39 is 18.5 Å². The summed E-state index contributed by atoms with van der Waals surface area (Å²) < 4.78 is 15.7. The number of carbonyl (C=O) groups is 2. The van der Waals surface area contributed by atoms with E-state index in [2.05, 4.69) is 5.32 Å². The highest BCUT2D eigenvalue weighted by Crippen LogP contribution is 2.24. The summed E-state index contributed by atoms with van der Waals surface area (Å²) in [6.07, 6.45) is 0. The van der Waals surface area contributed by atoms with Crippen LogP contribution >= 0.6 is 0 Å². The van der Waals surface area contributed by atoms with Crippen LogP contribution in [0.5, 0.6) is 11.5 Å². The SMILES string of the molecule is COc1ccc([C@H](NC(=O)COC(=O)COc2ccccc2C)c2ccccc2)cc1. The van der Waals surface area contributed by atoms with Gasteiger partial charge in [-0.3, -0.25) is 4.79 Å². The first-order chi connectivity index (χ1) is 15.1. The summed E-state index contributed by atoms with van der Waals surface area (Å²) in [5.74, 6) is 0.310. The number of hydrogen-bond donors (Lipinski definition) is 1. The standard InChI is InChI=1S/C25H25NO5/c1-18-8-6-7-11-22(18)30-17-24(28)31-16-23(27)26-25(19-9-4-3-5-10-19)20-12-14-21(29-2)15-13-20/h3-15,25H,16-17H2,1-2H3,(H,26,27)/t25-/m1/s1. The Bertz CT molecular complexity index is 1000. The van der Waals surface area contributed by atoms with E-state index in [9.17, 15) is 9.59 Å². The third-order valence-electron chi connectivity index (χ3n) is 4.69. The molecule has 0 aromatic heterocycles. The van der Waals surface area contributed by atoms with Crippen LogP contribution in [0, 0.1) is 6.92 Å². The smallest absolute Gasteiger partial charge is 0.344 e. The van der Waals surface area contributed by atoms with Gasteiger partial charge in [0.05, 0.1) is 13.2 Å². The van der Waals surface area contributed by atoms with Gasteiger partial charge in [0.2, 0.25) is 0 Å². The highest BCUT2D eigenvalue weighted by molar-refractivity contribution is 5.81. The van der Waals surface area contributed by atoms with E-state index in [-0.39, 0.29) is 12.6 Å². The van der Waals surface area contributed by atoms with Gasteiger partial charge in [-0.15, -0.1) is 0 Å². The molecular formula is C25H25NO5.